The van der Waals surface area contributed by atoms with E-state index in [1.54, 1.807) is 14.0 Å². The monoisotopic (exact) mass is 269 g/mol. The Kier molecular flexibility index (Phi) is 3.77. The molecule has 0 atom stereocenters. The third-order valence-electron chi connectivity index (χ3n) is 2.53. The molecule has 1 rings (SSSR count). The summed E-state index contributed by atoms with van der Waals surface area (Å²) in [5.41, 5.74) is 0. The summed E-state index contributed by atoms with van der Waals surface area (Å²) in [5, 5.41) is 0. The second-order valence-corrected chi connectivity index (χ2v) is 7.28. The van der Waals surface area contributed by atoms with Crippen LogP contribution in [0.5, 0.6) is 0 Å². The first kappa shape index (κ1) is 11.5. The molecular formula is C8H16BrNO2S. The number of hydrogen-bond acceptors (Lipinski definition) is 2. The Hall–Kier alpha value is 0.390. The van der Waals surface area contributed by atoms with Crippen molar-refractivity contribution in [3.63, 3.8) is 0 Å². The van der Waals surface area contributed by atoms with E-state index in [9.17, 15) is 8.42 Å². The van der Waals surface area contributed by atoms with Crippen molar-refractivity contribution < 1.29 is 8.42 Å². The van der Waals surface area contributed by atoms with Crippen LogP contribution in [-0.2, 0) is 10.0 Å². The molecule has 0 spiro atoms. The Balaban J connectivity index is 2.38. The molecule has 0 aliphatic heterocycles. The standard InChI is InChI=1S/C8H16BrNO2S/c1-3-13(11,12)10(2)6-7-4-8(9)5-7/h7-8H,3-6H2,1-2H3. The Morgan fingerprint density at radius 2 is 2.00 bits per heavy atom. The third-order valence-corrected chi connectivity index (χ3v) is 5.11. The van der Waals surface area contributed by atoms with Crippen LogP contribution >= 0.6 is 15.9 Å². The highest BCUT2D eigenvalue weighted by Crippen LogP contribution is 2.33. The highest BCUT2D eigenvalue weighted by molar-refractivity contribution is 9.09. The first-order chi connectivity index (χ1) is 5.95. The van der Waals surface area contributed by atoms with E-state index in [2.05, 4.69) is 15.9 Å². The lowest BCUT2D eigenvalue weighted by Crippen LogP contribution is -2.38. The van der Waals surface area contributed by atoms with Crippen molar-refractivity contribution in [1.29, 1.82) is 0 Å². The Labute approximate surface area is 88.7 Å². The van der Waals surface area contributed by atoms with Crippen LogP contribution in [0, 0.1) is 5.92 Å². The number of alkyl halides is 1. The maximum Gasteiger partial charge on any atom is 0.213 e. The van der Waals surface area contributed by atoms with E-state index in [4.69, 9.17) is 0 Å². The molecule has 1 saturated carbocycles. The first-order valence-corrected chi connectivity index (χ1v) is 7.06. The molecule has 1 fully saturated rings. The lowest BCUT2D eigenvalue weighted by atomic mass is 9.85. The molecule has 5 heteroatoms. The Bertz CT molecular complexity index is 259. The molecule has 0 unspecified atom stereocenters. The number of rotatable bonds is 4. The van der Waals surface area contributed by atoms with Crippen molar-refractivity contribution >= 4 is 26.0 Å². The van der Waals surface area contributed by atoms with Crippen LogP contribution in [0.25, 0.3) is 0 Å². The van der Waals surface area contributed by atoms with Gasteiger partial charge >= 0.3 is 0 Å². The van der Waals surface area contributed by atoms with Gasteiger partial charge in [0.2, 0.25) is 10.0 Å². The molecule has 0 radical (unpaired) electrons. The molecule has 0 bridgehead atoms. The second-order valence-electron chi connectivity index (χ2n) is 3.62. The lowest BCUT2D eigenvalue weighted by Gasteiger charge is -2.33. The van der Waals surface area contributed by atoms with Gasteiger partial charge in [0, 0.05) is 18.4 Å². The number of hydrogen-bond donors (Lipinski definition) is 0. The van der Waals surface area contributed by atoms with Gasteiger partial charge in [-0.1, -0.05) is 15.9 Å². The predicted octanol–water partition coefficient (Wildman–Crippen LogP) is 1.44. The average molecular weight is 270 g/mol. The summed E-state index contributed by atoms with van der Waals surface area (Å²) in [5.74, 6) is 0.754. The zero-order valence-electron chi connectivity index (χ0n) is 8.03. The van der Waals surface area contributed by atoms with Crippen LogP contribution in [0.2, 0.25) is 0 Å². The van der Waals surface area contributed by atoms with Crippen LogP contribution in [0.4, 0.5) is 0 Å². The molecule has 0 aromatic heterocycles. The summed E-state index contributed by atoms with van der Waals surface area (Å²) < 4.78 is 24.2. The molecule has 13 heavy (non-hydrogen) atoms. The van der Waals surface area contributed by atoms with E-state index in [0.717, 1.165) is 12.8 Å². The minimum Gasteiger partial charge on any atom is -0.212 e. The molecule has 0 aromatic rings. The Morgan fingerprint density at radius 3 is 2.38 bits per heavy atom. The van der Waals surface area contributed by atoms with Gasteiger partial charge in [0.05, 0.1) is 5.75 Å². The lowest BCUT2D eigenvalue weighted by molar-refractivity contribution is 0.275. The SMILES string of the molecule is CCS(=O)(=O)N(C)CC1CC(Br)C1. The van der Waals surface area contributed by atoms with Gasteiger partial charge in [-0.25, -0.2) is 12.7 Å². The molecule has 0 aromatic carbocycles. The van der Waals surface area contributed by atoms with Crippen LogP contribution in [-0.4, -0.2) is 36.9 Å². The molecule has 0 N–H and O–H groups in total. The normalized spacial score (nSPS) is 28.9. The first-order valence-electron chi connectivity index (χ1n) is 4.53. The molecule has 0 saturated heterocycles. The van der Waals surface area contributed by atoms with Crippen molar-refractivity contribution in [1.82, 2.24) is 4.31 Å². The zero-order valence-corrected chi connectivity index (χ0v) is 10.4. The predicted molar refractivity (Wildman–Crippen MR) is 57.5 cm³/mol. The summed E-state index contributed by atoms with van der Waals surface area (Å²) in [6.07, 6.45) is 2.20. The molecule has 3 nitrogen and oxygen atoms in total. The summed E-state index contributed by atoms with van der Waals surface area (Å²) in [6, 6.07) is 0. The fraction of sp³-hybridized carbons (Fsp3) is 1.00. The molecular weight excluding hydrogens is 254 g/mol. The largest absolute Gasteiger partial charge is 0.213 e. The summed E-state index contributed by atoms with van der Waals surface area (Å²) in [6.45, 7) is 2.36. The highest BCUT2D eigenvalue weighted by Gasteiger charge is 2.30. The van der Waals surface area contributed by atoms with Gasteiger partial charge in [-0.3, -0.25) is 0 Å². The van der Waals surface area contributed by atoms with E-state index in [1.807, 2.05) is 0 Å². The average Bonchev–Trinajstić information content (AvgIpc) is 2.01. The fourth-order valence-corrected chi connectivity index (χ4v) is 3.44. The maximum absolute atomic E-state index is 11.4. The van der Waals surface area contributed by atoms with E-state index in [0.29, 0.717) is 17.3 Å². The minimum absolute atomic E-state index is 0.202. The van der Waals surface area contributed by atoms with Crippen molar-refractivity contribution in [2.45, 2.75) is 24.6 Å². The van der Waals surface area contributed by atoms with E-state index < -0.39 is 10.0 Å². The van der Waals surface area contributed by atoms with E-state index in [-0.39, 0.29) is 5.75 Å². The van der Waals surface area contributed by atoms with Crippen molar-refractivity contribution in [2.24, 2.45) is 5.92 Å². The van der Waals surface area contributed by atoms with Gasteiger partial charge in [0.1, 0.15) is 0 Å². The Morgan fingerprint density at radius 1 is 1.46 bits per heavy atom. The van der Waals surface area contributed by atoms with Crippen LogP contribution in [0.15, 0.2) is 0 Å². The van der Waals surface area contributed by atoms with Crippen LogP contribution in [0.3, 0.4) is 0 Å². The minimum atomic E-state index is -2.97. The third kappa shape index (κ3) is 2.92. The van der Waals surface area contributed by atoms with Crippen molar-refractivity contribution in [3.05, 3.63) is 0 Å². The molecule has 1 aliphatic carbocycles. The topological polar surface area (TPSA) is 37.4 Å². The van der Waals surface area contributed by atoms with Gasteiger partial charge in [-0.2, -0.15) is 0 Å². The van der Waals surface area contributed by atoms with E-state index in [1.165, 1.54) is 4.31 Å². The number of nitrogens with zero attached hydrogens (tertiary/aromatic N) is 1. The highest BCUT2D eigenvalue weighted by atomic mass is 79.9. The zero-order chi connectivity index (χ0) is 10.1. The summed E-state index contributed by atoms with van der Waals surface area (Å²) in [7, 11) is -1.30. The number of halogens is 1. The summed E-state index contributed by atoms with van der Waals surface area (Å²) >= 11 is 3.49. The molecule has 0 heterocycles. The quantitative estimate of drug-likeness (QED) is 0.725. The fourth-order valence-electron chi connectivity index (χ4n) is 1.50. The maximum atomic E-state index is 11.4. The van der Waals surface area contributed by atoms with Gasteiger partial charge in [-0.15, -0.1) is 0 Å². The second kappa shape index (κ2) is 4.28. The van der Waals surface area contributed by atoms with Crippen LogP contribution in [0.1, 0.15) is 19.8 Å². The van der Waals surface area contributed by atoms with Gasteiger partial charge in [-0.05, 0) is 25.7 Å². The van der Waals surface area contributed by atoms with Gasteiger partial charge < -0.3 is 0 Å². The van der Waals surface area contributed by atoms with Gasteiger partial charge in [0.15, 0.2) is 0 Å². The molecule has 0 amide bonds. The summed E-state index contributed by atoms with van der Waals surface area (Å²) in [4.78, 5) is 0.607. The smallest absolute Gasteiger partial charge is 0.212 e. The van der Waals surface area contributed by atoms with Crippen molar-refractivity contribution in [3.8, 4) is 0 Å². The molecule has 1 aliphatic rings. The van der Waals surface area contributed by atoms with Gasteiger partial charge in [0.25, 0.3) is 0 Å². The molecule has 78 valence electrons. The van der Waals surface area contributed by atoms with E-state index >= 15 is 0 Å². The van der Waals surface area contributed by atoms with Crippen molar-refractivity contribution in [2.75, 3.05) is 19.3 Å². The van der Waals surface area contributed by atoms with Crippen LogP contribution < -0.4 is 0 Å². The number of sulfonamides is 1.